The van der Waals surface area contributed by atoms with E-state index < -0.39 is 5.97 Å². The molecule has 0 spiro atoms. The van der Waals surface area contributed by atoms with Crippen LogP contribution in [0.3, 0.4) is 0 Å². The number of benzene rings is 2. The van der Waals surface area contributed by atoms with E-state index in [1.165, 1.54) is 0 Å². The summed E-state index contributed by atoms with van der Waals surface area (Å²) in [5.41, 5.74) is 3.51. The van der Waals surface area contributed by atoms with Crippen LogP contribution in [0.1, 0.15) is 27.0 Å². The van der Waals surface area contributed by atoms with E-state index in [0.29, 0.717) is 5.56 Å². The Bertz CT molecular complexity index is 583. The third-order valence-electron chi connectivity index (χ3n) is 2.92. The fraction of sp³-hybridized carbons (Fsp3) is 0.214. The summed E-state index contributed by atoms with van der Waals surface area (Å²) in [6, 6.07) is 7.78. The number of rotatable bonds is 1. The molecule has 2 aromatic rings. The van der Waals surface area contributed by atoms with Crippen LogP contribution in [0.15, 0.2) is 24.3 Å². The molecule has 2 rings (SSSR count). The second-order valence-corrected chi connectivity index (χ2v) is 4.24. The molecular weight excluding hydrogens is 200 g/mol. The van der Waals surface area contributed by atoms with Crippen molar-refractivity contribution in [2.75, 3.05) is 0 Å². The van der Waals surface area contributed by atoms with Crippen LogP contribution in [0.2, 0.25) is 0 Å². The largest absolute Gasteiger partial charge is 0.478 e. The van der Waals surface area contributed by atoms with Gasteiger partial charge in [0.25, 0.3) is 0 Å². The first kappa shape index (κ1) is 10.7. The van der Waals surface area contributed by atoms with Gasteiger partial charge in [0.2, 0.25) is 0 Å². The SMILES string of the molecule is Cc1cc(C(=O)O)c2c(C)ccc(C)c2c1. The standard InChI is InChI=1S/C14H14O2/c1-8-6-11-9(2)4-5-10(3)13(11)12(7-8)14(15)16/h4-7H,1-3H3,(H,15,16). The van der Waals surface area contributed by atoms with Crippen molar-refractivity contribution in [1.82, 2.24) is 0 Å². The summed E-state index contributed by atoms with van der Waals surface area (Å²) < 4.78 is 0. The maximum absolute atomic E-state index is 11.2. The highest BCUT2D eigenvalue weighted by Gasteiger charge is 2.12. The minimum atomic E-state index is -0.859. The number of carbonyl (C=O) groups is 1. The number of hydrogen-bond acceptors (Lipinski definition) is 1. The highest BCUT2D eigenvalue weighted by atomic mass is 16.4. The minimum Gasteiger partial charge on any atom is -0.478 e. The average molecular weight is 214 g/mol. The van der Waals surface area contributed by atoms with Gasteiger partial charge in [0.1, 0.15) is 0 Å². The third kappa shape index (κ3) is 1.56. The van der Waals surface area contributed by atoms with Crippen LogP contribution in [0.4, 0.5) is 0 Å². The van der Waals surface area contributed by atoms with Gasteiger partial charge in [-0.25, -0.2) is 4.79 Å². The minimum absolute atomic E-state index is 0.399. The molecule has 0 amide bonds. The van der Waals surface area contributed by atoms with Gasteiger partial charge in [-0.05, 0) is 54.3 Å². The number of carboxylic acids is 1. The summed E-state index contributed by atoms with van der Waals surface area (Å²) >= 11 is 0. The molecule has 0 aliphatic rings. The van der Waals surface area contributed by atoms with Gasteiger partial charge in [-0.15, -0.1) is 0 Å². The first-order valence-electron chi connectivity index (χ1n) is 5.24. The number of fused-ring (bicyclic) bond motifs is 1. The van der Waals surface area contributed by atoms with Gasteiger partial charge >= 0.3 is 5.97 Å². The third-order valence-corrected chi connectivity index (χ3v) is 2.92. The lowest BCUT2D eigenvalue weighted by Gasteiger charge is -2.10. The van der Waals surface area contributed by atoms with Gasteiger partial charge in [-0.3, -0.25) is 0 Å². The van der Waals surface area contributed by atoms with Crippen molar-refractivity contribution < 1.29 is 9.90 Å². The van der Waals surface area contributed by atoms with E-state index >= 15 is 0 Å². The quantitative estimate of drug-likeness (QED) is 0.789. The molecule has 0 saturated heterocycles. The Morgan fingerprint density at radius 3 is 2.31 bits per heavy atom. The van der Waals surface area contributed by atoms with Crippen LogP contribution in [-0.4, -0.2) is 11.1 Å². The lowest BCUT2D eigenvalue weighted by atomic mass is 9.94. The molecule has 0 unspecified atom stereocenters. The average Bonchev–Trinajstić information content (AvgIpc) is 2.22. The zero-order valence-corrected chi connectivity index (χ0v) is 9.66. The molecule has 16 heavy (non-hydrogen) atoms. The summed E-state index contributed by atoms with van der Waals surface area (Å²) in [6.45, 7) is 5.88. The number of carboxylic acid groups (broad SMARTS) is 1. The summed E-state index contributed by atoms with van der Waals surface area (Å²) in [5, 5.41) is 11.1. The van der Waals surface area contributed by atoms with Crippen LogP contribution in [-0.2, 0) is 0 Å². The molecule has 0 fully saturated rings. The molecule has 0 bridgehead atoms. The van der Waals surface area contributed by atoms with E-state index in [-0.39, 0.29) is 0 Å². The van der Waals surface area contributed by atoms with E-state index in [0.717, 1.165) is 27.5 Å². The Morgan fingerprint density at radius 1 is 1.06 bits per heavy atom. The van der Waals surface area contributed by atoms with Crippen molar-refractivity contribution in [2.24, 2.45) is 0 Å². The number of hydrogen-bond donors (Lipinski definition) is 1. The van der Waals surface area contributed by atoms with Crippen LogP contribution in [0.25, 0.3) is 10.8 Å². The summed E-state index contributed by atoms with van der Waals surface area (Å²) in [4.78, 5) is 11.2. The molecule has 0 atom stereocenters. The Labute approximate surface area is 94.5 Å². The van der Waals surface area contributed by atoms with Gasteiger partial charge in [0, 0.05) is 0 Å². The zero-order valence-electron chi connectivity index (χ0n) is 9.66. The van der Waals surface area contributed by atoms with E-state index in [4.69, 9.17) is 0 Å². The van der Waals surface area contributed by atoms with Crippen LogP contribution >= 0.6 is 0 Å². The van der Waals surface area contributed by atoms with Gasteiger partial charge in [0.15, 0.2) is 0 Å². The Balaban J connectivity index is 3.00. The molecule has 2 heteroatoms. The predicted octanol–water partition coefficient (Wildman–Crippen LogP) is 3.46. The fourth-order valence-corrected chi connectivity index (χ4v) is 2.11. The number of aryl methyl sites for hydroxylation is 3. The maximum atomic E-state index is 11.2. The highest BCUT2D eigenvalue weighted by molar-refractivity contribution is 6.06. The van der Waals surface area contributed by atoms with Crippen molar-refractivity contribution in [3.8, 4) is 0 Å². The van der Waals surface area contributed by atoms with Crippen LogP contribution in [0, 0.1) is 20.8 Å². The van der Waals surface area contributed by atoms with Crippen LogP contribution in [0.5, 0.6) is 0 Å². The first-order valence-corrected chi connectivity index (χ1v) is 5.24. The fourth-order valence-electron chi connectivity index (χ4n) is 2.11. The lowest BCUT2D eigenvalue weighted by Crippen LogP contribution is -2.00. The first-order chi connectivity index (χ1) is 7.50. The second kappa shape index (κ2) is 3.63. The lowest BCUT2D eigenvalue weighted by molar-refractivity contribution is 0.0699. The summed E-state index contributed by atoms with van der Waals surface area (Å²) in [7, 11) is 0. The Hall–Kier alpha value is -1.83. The molecule has 2 nitrogen and oxygen atoms in total. The highest BCUT2D eigenvalue weighted by Crippen LogP contribution is 2.27. The molecule has 0 radical (unpaired) electrons. The van der Waals surface area contributed by atoms with Crippen molar-refractivity contribution in [3.63, 3.8) is 0 Å². The molecule has 0 aliphatic heterocycles. The van der Waals surface area contributed by atoms with Gasteiger partial charge in [-0.1, -0.05) is 18.2 Å². The predicted molar refractivity (Wildman–Crippen MR) is 65.1 cm³/mol. The van der Waals surface area contributed by atoms with Crippen molar-refractivity contribution in [1.29, 1.82) is 0 Å². The van der Waals surface area contributed by atoms with E-state index in [9.17, 15) is 9.90 Å². The van der Waals surface area contributed by atoms with Crippen molar-refractivity contribution in [2.45, 2.75) is 20.8 Å². The summed E-state index contributed by atoms with van der Waals surface area (Å²) in [5.74, 6) is -0.859. The van der Waals surface area contributed by atoms with Crippen molar-refractivity contribution in [3.05, 3.63) is 46.5 Å². The number of aromatic carboxylic acids is 1. The summed E-state index contributed by atoms with van der Waals surface area (Å²) in [6.07, 6.45) is 0. The Kier molecular flexibility index (Phi) is 2.43. The van der Waals surface area contributed by atoms with Gasteiger partial charge < -0.3 is 5.11 Å². The molecular formula is C14H14O2. The smallest absolute Gasteiger partial charge is 0.336 e. The Morgan fingerprint density at radius 2 is 1.69 bits per heavy atom. The molecule has 0 aromatic heterocycles. The monoisotopic (exact) mass is 214 g/mol. The zero-order chi connectivity index (χ0) is 11.9. The molecule has 0 saturated carbocycles. The van der Waals surface area contributed by atoms with Gasteiger partial charge in [-0.2, -0.15) is 0 Å². The molecule has 1 N–H and O–H groups in total. The van der Waals surface area contributed by atoms with E-state index in [1.807, 2.05) is 39.0 Å². The maximum Gasteiger partial charge on any atom is 0.336 e. The van der Waals surface area contributed by atoms with E-state index in [2.05, 4.69) is 0 Å². The second-order valence-electron chi connectivity index (χ2n) is 4.24. The topological polar surface area (TPSA) is 37.3 Å². The van der Waals surface area contributed by atoms with Crippen molar-refractivity contribution >= 4 is 16.7 Å². The van der Waals surface area contributed by atoms with E-state index in [1.54, 1.807) is 6.07 Å². The molecule has 82 valence electrons. The molecule has 0 heterocycles. The van der Waals surface area contributed by atoms with Gasteiger partial charge in [0.05, 0.1) is 5.56 Å². The molecule has 2 aromatic carbocycles. The van der Waals surface area contributed by atoms with Crippen LogP contribution < -0.4 is 0 Å². The normalized spacial score (nSPS) is 10.7. The molecule has 0 aliphatic carbocycles.